The topological polar surface area (TPSA) is 75.7 Å². The number of aromatic nitrogens is 5. The summed E-state index contributed by atoms with van der Waals surface area (Å²) >= 11 is 0. The Balaban J connectivity index is 1.31. The maximum absolute atomic E-state index is 6.42. The Kier molecular flexibility index (Phi) is 3.15. The Hall–Kier alpha value is -5.31. The van der Waals surface area contributed by atoms with Gasteiger partial charge in [-0.15, -0.1) is 0 Å². The van der Waals surface area contributed by atoms with Crippen molar-refractivity contribution in [3.63, 3.8) is 0 Å². The van der Waals surface area contributed by atoms with E-state index in [1.807, 2.05) is 71.3 Å². The van der Waals surface area contributed by atoms with Gasteiger partial charge in [0.05, 0.1) is 27.5 Å². The lowest BCUT2D eigenvalue weighted by Crippen LogP contribution is -2.60. The first kappa shape index (κ1) is 18.9. The minimum Gasteiger partial charge on any atom is -0.458 e. The molecule has 0 saturated heterocycles. The van der Waals surface area contributed by atoms with Crippen molar-refractivity contribution in [1.29, 1.82) is 0 Å². The summed E-state index contributed by atoms with van der Waals surface area (Å²) in [5.41, 5.74) is 6.66. The van der Waals surface area contributed by atoms with Gasteiger partial charge in [-0.05, 0) is 48.5 Å². The molecule has 3 aromatic heterocycles. The summed E-state index contributed by atoms with van der Waals surface area (Å²) in [5, 5.41) is 0. The second-order valence-corrected chi connectivity index (χ2v) is 9.68. The fourth-order valence-corrected chi connectivity index (χ4v) is 6.20. The molecule has 0 aliphatic carbocycles. The second-order valence-electron chi connectivity index (χ2n) is 9.68. The molecule has 0 saturated carbocycles. The van der Waals surface area contributed by atoms with E-state index in [0.717, 1.165) is 67.2 Å². The van der Waals surface area contributed by atoms with Crippen LogP contribution in [0.5, 0.6) is 34.8 Å². The van der Waals surface area contributed by atoms with Crippen LogP contribution in [0.25, 0.3) is 33.8 Å². The summed E-state index contributed by atoms with van der Waals surface area (Å²) in [7, 11) is 0. The number of imidazole rings is 2. The zero-order valence-corrected chi connectivity index (χ0v) is 19.6. The number of nitrogens with zero attached hydrogens (tertiary/aromatic N) is 5. The summed E-state index contributed by atoms with van der Waals surface area (Å²) in [4.78, 5) is 15.0. The van der Waals surface area contributed by atoms with Gasteiger partial charge in [-0.1, -0.05) is 36.4 Å². The van der Waals surface area contributed by atoms with Crippen LogP contribution in [0.15, 0.2) is 84.9 Å². The smallest absolute Gasteiger partial charge is 0.274 e. The van der Waals surface area contributed by atoms with Crippen LogP contribution in [-0.4, -0.2) is 30.6 Å². The lowest BCUT2D eigenvalue weighted by atomic mass is 9.34. The van der Waals surface area contributed by atoms with Crippen molar-refractivity contribution in [2.75, 3.05) is 0 Å². The number of ether oxygens (including phenoxy) is 3. The van der Waals surface area contributed by atoms with E-state index in [0.29, 0.717) is 17.7 Å². The maximum atomic E-state index is 6.42. The third-order valence-electron chi connectivity index (χ3n) is 7.72. The van der Waals surface area contributed by atoms with Crippen molar-refractivity contribution in [3.05, 3.63) is 84.9 Å². The highest BCUT2D eigenvalue weighted by Gasteiger charge is 2.48. The van der Waals surface area contributed by atoms with E-state index in [9.17, 15) is 0 Å². The van der Waals surface area contributed by atoms with Crippen LogP contribution < -0.4 is 30.6 Å². The molecule has 3 aliphatic rings. The summed E-state index contributed by atoms with van der Waals surface area (Å²) in [6, 6.07) is 28.0. The number of rotatable bonds is 1. The maximum Gasteiger partial charge on any atom is 0.274 e. The second kappa shape index (κ2) is 6.33. The Bertz CT molecular complexity index is 2120. The predicted octanol–water partition coefficient (Wildman–Crippen LogP) is 4.05. The predicted molar refractivity (Wildman–Crippen MR) is 143 cm³/mol. The van der Waals surface area contributed by atoms with Gasteiger partial charge < -0.3 is 14.2 Å². The van der Waals surface area contributed by atoms with E-state index >= 15 is 0 Å². The molecule has 38 heavy (non-hydrogen) atoms. The molecule has 10 rings (SSSR count). The number of hydrogen-bond acceptors (Lipinski definition) is 6. The van der Waals surface area contributed by atoms with Crippen LogP contribution in [0.3, 0.4) is 0 Å². The summed E-state index contributed by atoms with van der Waals surface area (Å²) in [5.74, 6) is 5.14. The van der Waals surface area contributed by atoms with Crippen LogP contribution in [0.1, 0.15) is 0 Å². The van der Waals surface area contributed by atoms with E-state index in [1.54, 1.807) is 0 Å². The monoisotopic (exact) mass is 491 g/mol. The largest absolute Gasteiger partial charge is 0.458 e. The van der Waals surface area contributed by atoms with Crippen LogP contribution >= 0.6 is 0 Å². The van der Waals surface area contributed by atoms with Crippen molar-refractivity contribution in [1.82, 2.24) is 23.9 Å². The summed E-state index contributed by atoms with van der Waals surface area (Å²) in [6.07, 6.45) is 0. The number of fused-ring (bicyclic) bond motifs is 5. The summed E-state index contributed by atoms with van der Waals surface area (Å²) < 4.78 is 23.2. The van der Waals surface area contributed by atoms with E-state index in [-0.39, 0.29) is 6.71 Å². The molecule has 0 radical (unpaired) electrons. The average Bonchev–Trinajstić information content (AvgIpc) is 3.47. The van der Waals surface area contributed by atoms with Gasteiger partial charge >= 0.3 is 0 Å². The molecular weight excluding hydrogens is 477 g/mol. The first-order valence-corrected chi connectivity index (χ1v) is 12.4. The molecule has 3 aliphatic heterocycles. The van der Waals surface area contributed by atoms with E-state index < -0.39 is 0 Å². The minimum atomic E-state index is -0.127. The van der Waals surface area contributed by atoms with Crippen LogP contribution in [0.4, 0.5) is 0 Å². The van der Waals surface area contributed by atoms with Gasteiger partial charge in [-0.25, -0.2) is 9.55 Å². The van der Waals surface area contributed by atoms with Crippen molar-refractivity contribution in [2.24, 2.45) is 0 Å². The molecule has 7 aromatic rings. The van der Waals surface area contributed by atoms with Gasteiger partial charge in [0.15, 0.2) is 0 Å². The molecule has 0 atom stereocenters. The molecule has 4 aromatic carbocycles. The molecule has 0 spiro atoms. The highest BCUT2D eigenvalue weighted by atomic mass is 16.5. The van der Waals surface area contributed by atoms with Crippen molar-refractivity contribution in [2.45, 2.75) is 0 Å². The van der Waals surface area contributed by atoms with Gasteiger partial charge in [0.1, 0.15) is 23.0 Å². The molecular formula is C29H14BN5O3. The number of benzene rings is 4. The quantitative estimate of drug-likeness (QED) is 0.323. The fourth-order valence-electron chi connectivity index (χ4n) is 6.20. The highest BCUT2D eigenvalue weighted by Crippen LogP contribution is 2.40. The van der Waals surface area contributed by atoms with Crippen molar-refractivity contribution in [3.8, 4) is 40.7 Å². The molecule has 9 heteroatoms. The standard InChI is InChI=1S/C29H14BN5O3/c1-2-8-16-15(7-1)31-29-34(16)17-9-3-4-10-18(17)35(29)28-32-26-25-27(33-28)38-22-14-6-12-20-24(22)30(25)23-19(36-20)11-5-13-21(23)37-26/h1-14H. The van der Waals surface area contributed by atoms with Gasteiger partial charge in [-0.3, -0.25) is 4.40 Å². The van der Waals surface area contributed by atoms with E-state index in [2.05, 4.69) is 22.6 Å². The minimum absolute atomic E-state index is 0.127. The van der Waals surface area contributed by atoms with Gasteiger partial charge in [0, 0.05) is 10.9 Å². The molecule has 8 nitrogen and oxygen atoms in total. The van der Waals surface area contributed by atoms with Gasteiger partial charge in [0.25, 0.3) is 6.71 Å². The SMILES string of the molecule is c1cc2c3c(c1)Oc1nc(-n4c5ccccc5n5c6ccccc6nc45)nc4c1B3c1c(cccc1O4)O2. The number of para-hydroxylation sites is 4. The van der Waals surface area contributed by atoms with Crippen LogP contribution in [0.2, 0.25) is 0 Å². The first-order valence-electron chi connectivity index (χ1n) is 12.4. The van der Waals surface area contributed by atoms with Crippen LogP contribution in [0, 0.1) is 0 Å². The molecule has 0 bridgehead atoms. The van der Waals surface area contributed by atoms with Gasteiger partial charge in [-0.2, -0.15) is 9.97 Å². The Morgan fingerprint density at radius 3 is 1.79 bits per heavy atom. The lowest BCUT2D eigenvalue weighted by Gasteiger charge is -2.36. The molecule has 0 unspecified atom stereocenters. The van der Waals surface area contributed by atoms with E-state index in [4.69, 9.17) is 29.2 Å². The molecule has 0 N–H and O–H groups in total. The van der Waals surface area contributed by atoms with E-state index in [1.165, 1.54) is 0 Å². The fraction of sp³-hybridized carbons (Fsp3) is 0. The highest BCUT2D eigenvalue weighted by molar-refractivity contribution is 6.99. The molecule has 0 fully saturated rings. The number of hydrogen-bond donors (Lipinski definition) is 0. The van der Waals surface area contributed by atoms with Crippen molar-refractivity contribution >= 4 is 50.9 Å². The van der Waals surface area contributed by atoms with Crippen LogP contribution in [-0.2, 0) is 0 Å². The zero-order valence-electron chi connectivity index (χ0n) is 19.6. The first-order chi connectivity index (χ1) is 18.8. The molecule has 0 amide bonds. The van der Waals surface area contributed by atoms with Crippen molar-refractivity contribution < 1.29 is 14.2 Å². The molecule has 6 heterocycles. The Morgan fingerprint density at radius 2 is 1.11 bits per heavy atom. The average molecular weight is 491 g/mol. The normalized spacial score (nSPS) is 13.8. The third-order valence-corrected chi connectivity index (χ3v) is 7.72. The Morgan fingerprint density at radius 1 is 0.526 bits per heavy atom. The summed E-state index contributed by atoms with van der Waals surface area (Å²) in [6.45, 7) is -0.127. The zero-order chi connectivity index (χ0) is 24.5. The molecule has 176 valence electrons. The third kappa shape index (κ3) is 2.13. The lowest BCUT2D eigenvalue weighted by molar-refractivity contribution is 0.423. The Labute approximate surface area is 214 Å². The van der Waals surface area contributed by atoms with Gasteiger partial charge in [0.2, 0.25) is 23.5 Å².